The van der Waals surface area contributed by atoms with Crippen LogP contribution >= 0.6 is 0 Å². The van der Waals surface area contributed by atoms with Crippen LogP contribution in [0.15, 0.2) is 24.5 Å². The van der Waals surface area contributed by atoms with Crippen LogP contribution in [0.25, 0.3) is 10.9 Å². The number of carbonyl (C=O) groups excluding carboxylic acids is 2. The van der Waals surface area contributed by atoms with Crippen molar-refractivity contribution in [1.82, 2.24) is 25.5 Å². The molecule has 2 heterocycles. The van der Waals surface area contributed by atoms with Crippen LogP contribution in [0.5, 0.6) is 0 Å². The summed E-state index contributed by atoms with van der Waals surface area (Å²) < 4.78 is 39.2. The van der Waals surface area contributed by atoms with E-state index in [4.69, 9.17) is 0 Å². The molecule has 0 atom stereocenters. The first-order valence-corrected chi connectivity index (χ1v) is 12.1. The fraction of sp³-hybridized carbons (Fsp3) is 0.583. The number of halogens is 3. The van der Waals surface area contributed by atoms with Gasteiger partial charge in [-0.1, -0.05) is 6.92 Å². The summed E-state index contributed by atoms with van der Waals surface area (Å²) in [5.74, 6) is 0.0806. The Labute approximate surface area is 202 Å². The number of rotatable bonds is 8. The van der Waals surface area contributed by atoms with E-state index < -0.39 is 11.7 Å². The summed E-state index contributed by atoms with van der Waals surface area (Å²) in [4.78, 5) is 34.6. The van der Waals surface area contributed by atoms with E-state index in [9.17, 15) is 22.8 Å². The monoisotopic (exact) mass is 492 g/mol. The van der Waals surface area contributed by atoms with Gasteiger partial charge in [-0.05, 0) is 50.3 Å². The van der Waals surface area contributed by atoms with E-state index in [1.165, 1.54) is 12.4 Å². The van der Waals surface area contributed by atoms with Crippen molar-refractivity contribution in [3.8, 4) is 0 Å². The summed E-state index contributed by atoms with van der Waals surface area (Å²) >= 11 is 0. The molecule has 2 aromatic rings. The fourth-order valence-electron chi connectivity index (χ4n) is 4.83. The zero-order valence-electron chi connectivity index (χ0n) is 19.7. The highest BCUT2D eigenvalue weighted by molar-refractivity contribution is 5.91. The molecule has 2 fully saturated rings. The first-order chi connectivity index (χ1) is 16.7. The van der Waals surface area contributed by atoms with Crippen molar-refractivity contribution < 1.29 is 22.8 Å². The molecule has 1 aromatic heterocycles. The third-order valence-electron chi connectivity index (χ3n) is 6.71. The number of nitrogens with one attached hydrogen (secondary N) is 3. The standard InChI is InChI=1S/C24H31F3N6O2/c1-2-3-21(34)31-16-5-7-18(8-6-16)33-12-17(13-33)32-22(35)11-28-23-19-10-15(24(25,26)27)4-9-20(19)29-14-30-23/h4,9-10,14,16-18H,2-3,5-8,11-13H2,1H3,(H,31,34)(H,32,35)(H,28,29,30). The van der Waals surface area contributed by atoms with Crippen molar-refractivity contribution in [3.05, 3.63) is 30.1 Å². The highest BCUT2D eigenvalue weighted by Gasteiger charge is 2.35. The molecule has 1 aliphatic carbocycles. The van der Waals surface area contributed by atoms with Gasteiger partial charge >= 0.3 is 6.18 Å². The Morgan fingerprint density at radius 1 is 1.03 bits per heavy atom. The second kappa shape index (κ2) is 10.8. The molecule has 2 aliphatic rings. The van der Waals surface area contributed by atoms with Crippen LogP contribution in [0.4, 0.5) is 19.0 Å². The molecule has 8 nitrogen and oxygen atoms in total. The summed E-state index contributed by atoms with van der Waals surface area (Å²) in [6.07, 6.45) is 2.21. The third-order valence-corrected chi connectivity index (χ3v) is 6.71. The zero-order chi connectivity index (χ0) is 25.0. The molecule has 1 saturated heterocycles. The number of fused-ring (bicyclic) bond motifs is 1. The van der Waals surface area contributed by atoms with Crippen molar-refractivity contribution in [1.29, 1.82) is 0 Å². The number of carbonyl (C=O) groups is 2. The molecule has 2 amide bonds. The number of nitrogens with zero attached hydrogens (tertiary/aromatic N) is 3. The quantitative estimate of drug-likeness (QED) is 0.524. The van der Waals surface area contributed by atoms with E-state index in [1.54, 1.807) is 0 Å². The Balaban J connectivity index is 1.21. The lowest BCUT2D eigenvalue weighted by atomic mass is 9.88. The van der Waals surface area contributed by atoms with Crippen molar-refractivity contribution >= 4 is 28.5 Å². The molecular weight excluding hydrogens is 461 g/mol. The van der Waals surface area contributed by atoms with Crippen LogP contribution in [-0.4, -0.2) is 64.4 Å². The van der Waals surface area contributed by atoms with Crippen LogP contribution in [0.2, 0.25) is 0 Å². The number of benzene rings is 1. The Hall–Kier alpha value is -2.95. The molecular formula is C24H31F3N6O2. The Morgan fingerprint density at radius 2 is 1.74 bits per heavy atom. The van der Waals surface area contributed by atoms with Crippen LogP contribution in [0, 0.1) is 0 Å². The summed E-state index contributed by atoms with van der Waals surface area (Å²) in [6.45, 7) is 3.45. The van der Waals surface area contributed by atoms with Gasteiger partial charge in [-0.25, -0.2) is 9.97 Å². The Kier molecular flexibility index (Phi) is 7.73. The normalized spacial score (nSPS) is 21.4. The lowest BCUT2D eigenvalue weighted by molar-refractivity contribution is -0.137. The summed E-state index contributed by atoms with van der Waals surface area (Å²) in [6, 6.07) is 4.03. The molecule has 1 aromatic carbocycles. The third kappa shape index (κ3) is 6.39. The second-order valence-electron chi connectivity index (χ2n) is 9.35. The van der Waals surface area contributed by atoms with Gasteiger partial charge < -0.3 is 16.0 Å². The molecule has 4 rings (SSSR count). The predicted molar refractivity (Wildman–Crippen MR) is 126 cm³/mol. The van der Waals surface area contributed by atoms with E-state index in [0.717, 1.165) is 57.3 Å². The van der Waals surface area contributed by atoms with E-state index in [-0.39, 0.29) is 41.6 Å². The van der Waals surface area contributed by atoms with E-state index in [2.05, 4.69) is 30.8 Å². The van der Waals surface area contributed by atoms with Crippen molar-refractivity contribution in [2.45, 2.75) is 69.8 Å². The Morgan fingerprint density at radius 3 is 2.43 bits per heavy atom. The summed E-state index contributed by atoms with van der Waals surface area (Å²) in [5.41, 5.74) is -0.426. The van der Waals surface area contributed by atoms with Gasteiger partial charge in [0, 0.05) is 37.0 Å². The smallest absolute Gasteiger partial charge is 0.360 e. The van der Waals surface area contributed by atoms with Gasteiger partial charge in [0.1, 0.15) is 12.1 Å². The maximum Gasteiger partial charge on any atom is 0.416 e. The zero-order valence-corrected chi connectivity index (χ0v) is 19.7. The van der Waals surface area contributed by atoms with Crippen LogP contribution < -0.4 is 16.0 Å². The molecule has 1 aliphatic heterocycles. The number of likely N-dealkylation sites (tertiary alicyclic amines) is 1. The predicted octanol–water partition coefficient (Wildman–Crippen LogP) is 3.09. The molecule has 0 bridgehead atoms. The Bertz CT molecular complexity index is 1050. The van der Waals surface area contributed by atoms with Crippen LogP contribution in [0.3, 0.4) is 0 Å². The van der Waals surface area contributed by atoms with E-state index in [0.29, 0.717) is 18.0 Å². The average molecular weight is 493 g/mol. The number of alkyl halides is 3. The molecule has 3 N–H and O–H groups in total. The minimum atomic E-state index is -4.48. The van der Waals surface area contributed by atoms with Crippen molar-refractivity contribution in [2.75, 3.05) is 25.0 Å². The first-order valence-electron chi connectivity index (χ1n) is 12.1. The molecule has 11 heteroatoms. The number of aromatic nitrogens is 2. The topological polar surface area (TPSA) is 99.2 Å². The first kappa shape index (κ1) is 25.2. The molecule has 0 spiro atoms. The highest BCUT2D eigenvalue weighted by atomic mass is 19.4. The second-order valence-corrected chi connectivity index (χ2v) is 9.35. The number of hydrogen-bond acceptors (Lipinski definition) is 6. The van der Waals surface area contributed by atoms with E-state index >= 15 is 0 Å². The molecule has 1 saturated carbocycles. The lowest BCUT2D eigenvalue weighted by Crippen LogP contribution is -2.63. The van der Waals surface area contributed by atoms with Crippen LogP contribution in [-0.2, 0) is 15.8 Å². The molecule has 0 unspecified atom stereocenters. The van der Waals surface area contributed by atoms with Gasteiger partial charge in [0.15, 0.2) is 0 Å². The molecule has 190 valence electrons. The SMILES string of the molecule is CCCC(=O)NC1CCC(N2CC(NC(=O)CNc3ncnc4ccc(C(F)(F)F)cc34)C2)CC1. The van der Waals surface area contributed by atoms with Gasteiger partial charge in [-0.3, -0.25) is 14.5 Å². The van der Waals surface area contributed by atoms with E-state index in [1.807, 2.05) is 6.92 Å². The largest absolute Gasteiger partial charge is 0.416 e. The summed E-state index contributed by atoms with van der Waals surface area (Å²) in [5, 5.41) is 9.14. The molecule has 35 heavy (non-hydrogen) atoms. The number of anilines is 1. The van der Waals surface area contributed by atoms with Gasteiger partial charge in [-0.15, -0.1) is 0 Å². The minimum absolute atomic E-state index is 0.0465. The van der Waals surface area contributed by atoms with Crippen molar-refractivity contribution in [2.24, 2.45) is 0 Å². The van der Waals surface area contributed by atoms with Gasteiger partial charge in [-0.2, -0.15) is 13.2 Å². The van der Waals surface area contributed by atoms with Crippen LogP contribution in [0.1, 0.15) is 51.0 Å². The maximum absolute atomic E-state index is 13.1. The minimum Gasteiger partial charge on any atom is -0.360 e. The number of hydrogen-bond donors (Lipinski definition) is 3. The number of amides is 2. The van der Waals surface area contributed by atoms with Gasteiger partial charge in [0.05, 0.1) is 23.7 Å². The van der Waals surface area contributed by atoms with Crippen molar-refractivity contribution in [3.63, 3.8) is 0 Å². The maximum atomic E-state index is 13.1. The molecule has 0 radical (unpaired) electrons. The lowest BCUT2D eigenvalue weighted by Gasteiger charge is -2.46. The summed E-state index contributed by atoms with van der Waals surface area (Å²) in [7, 11) is 0. The fourth-order valence-corrected chi connectivity index (χ4v) is 4.83. The highest BCUT2D eigenvalue weighted by Crippen LogP contribution is 2.32. The van der Waals surface area contributed by atoms with Gasteiger partial charge in [0.2, 0.25) is 11.8 Å². The van der Waals surface area contributed by atoms with Gasteiger partial charge in [0.25, 0.3) is 0 Å². The average Bonchev–Trinajstić information content (AvgIpc) is 2.79.